The van der Waals surface area contributed by atoms with Gasteiger partial charge in [0.1, 0.15) is 0 Å². The molecule has 0 aliphatic carbocycles. The molecule has 16 heavy (non-hydrogen) atoms. The summed E-state index contributed by atoms with van der Waals surface area (Å²) in [6.45, 7) is 1.06. The zero-order valence-electron chi connectivity index (χ0n) is 8.76. The largest absolute Gasteiger partial charge is 0.372 e. The van der Waals surface area contributed by atoms with Crippen molar-refractivity contribution in [3.05, 3.63) is 28.7 Å². The Hall–Kier alpha value is -0.430. The molecule has 1 unspecified atom stereocenters. The van der Waals surface area contributed by atoms with Gasteiger partial charge in [0.05, 0.1) is 17.6 Å². The van der Waals surface area contributed by atoms with Crippen LogP contribution in [0.2, 0.25) is 0 Å². The third-order valence-electron chi connectivity index (χ3n) is 2.39. The summed E-state index contributed by atoms with van der Waals surface area (Å²) >= 11 is 3.25. The number of sulfonamides is 1. The molecule has 4 nitrogen and oxygen atoms in total. The lowest BCUT2D eigenvalue weighted by atomic mass is 10.4. The standard InChI is InChI=1S/C10H12BrNO3S/c1-12(6-8-7-15-8)16(13,14)10-5-3-2-4-9(10)11/h2-5,8H,6-7H2,1H3. The Bertz CT molecular complexity index is 485. The fourth-order valence-electron chi connectivity index (χ4n) is 1.38. The van der Waals surface area contributed by atoms with Gasteiger partial charge in [-0.1, -0.05) is 12.1 Å². The van der Waals surface area contributed by atoms with Crippen LogP contribution in [0.3, 0.4) is 0 Å². The second kappa shape index (κ2) is 4.44. The Balaban J connectivity index is 2.27. The number of hydrogen-bond donors (Lipinski definition) is 0. The van der Waals surface area contributed by atoms with Gasteiger partial charge in [-0.05, 0) is 28.1 Å². The number of epoxide rings is 1. The summed E-state index contributed by atoms with van der Waals surface area (Å²) in [5.41, 5.74) is 0. The highest BCUT2D eigenvalue weighted by atomic mass is 79.9. The minimum Gasteiger partial charge on any atom is -0.372 e. The van der Waals surface area contributed by atoms with Gasteiger partial charge in [-0.3, -0.25) is 0 Å². The zero-order valence-corrected chi connectivity index (χ0v) is 11.2. The Labute approximate surface area is 103 Å². The molecule has 0 bridgehead atoms. The van der Waals surface area contributed by atoms with Gasteiger partial charge in [0, 0.05) is 18.1 Å². The predicted octanol–water partition coefficient (Wildman–Crippen LogP) is 1.47. The average molecular weight is 306 g/mol. The van der Waals surface area contributed by atoms with Gasteiger partial charge in [0.15, 0.2) is 0 Å². The van der Waals surface area contributed by atoms with Crippen molar-refractivity contribution in [3.8, 4) is 0 Å². The van der Waals surface area contributed by atoms with Crippen molar-refractivity contribution in [2.75, 3.05) is 20.2 Å². The highest BCUT2D eigenvalue weighted by molar-refractivity contribution is 9.10. The summed E-state index contributed by atoms with van der Waals surface area (Å²) in [5, 5.41) is 0. The van der Waals surface area contributed by atoms with E-state index in [4.69, 9.17) is 4.74 Å². The second-order valence-corrected chi connectivity index (χ2v) is 6.54. The molecule has 1 aliphatic heterocycles. The molecule has 0 amide bonds. The lowest BCUT2D eigenvalue weighted by molar-refractivity contribution is 0.359. The number of likely N-dealkylation sites (N-methyl/N-ethyl adjacent to an activating group) is 1. The van der Waals surface area contributed by atoms with Gasteiger partial charge < -0.3 is 4.74 Å². The molecule has 1 aromatic carbocycles. The topological polar surface area (TPSA) is 49.9 Å². The van der Waals surface area contributed by atoms with Crippen molar-refractivity contribution < 1.29 is 13.2 Å². The maximum Gasteiger partial charge on any atom is 0.244 e. The predicted molar refractivity (Wildman–Crippen MR) is 63.7 cm³/mol. The number of hydrogen-bond acceptors (Lipinski definition) is 3. The second-order valence-electron chi connectivity index (χ2n) is 3.67. The van der Waals surface area contributed by atoms with E-state index in [1.165, 1.54) is 4.31 Å². The van der Waals surface area contributed by atoms with Gasteiger partial charge in [-0.2, -0.15) is 4.31 Å². The summed E-state index contributed by atoms with van der Waals surface area (Å²) in [7, 11) is -1.85. The molecule has 6 heteroatoms. The van der Waals surface area contributed by atoms with Crippen LogP contribution in [0, 0.1) is 0 Å². The lowest BCUT2D eigenvalue weighted by Crippen LogP contribution is -2.30. The van der Waals surface area contributed by atoms with E-state index in [1.807, 2.05) is 0 Å². The van der Waals surface area contributed by atoms with Crippen LogP contribution in [0.4, 0.5) is 0 Å². The quantitative estimate of drug-likeness (QED) is 0.792. The maximum atomic E-state index is 12.2. The Kier molecular flexibility index (Phi) is 3.34. The fourth-order valence-corrected chi connectivity index (χ4v) is 3.54. The van der Waals surface area contributed by atoms with Crippen LogP contribution in [0.5, 0.6) is 0 Å². The first-order valence-corrected chi connectivity index (χ1v) is 7.07. The molecule has 2 rings (SSSR count). The van der Waals surface area contributed by atoms with Crippen LogP contribution in [-0.2, 0) is 14.8 Å². The number of nitrogens with zero attached hydrogens (tertiary/aromatic N) is 1. The molecule has 1 heterocycles. The lowest BCUT2D eigenvalue weighted by Gasteiger charge is -2.16. The normalized spacial score (nSPS) is 20.1. The summed E-state index contributed by atoms with van der Waals surface area (Å²) in [6, 6.07) is 6.80. The highest BCUT2D eigenvalue weighted by Gasteiger charge is 2.30. The SMILES string of the molecule is CN(CC1CO1)S(=O)(=O)c1ccccc1Br. The summed E-state index contributed by atoms with van der Waals surface area (Å²) < 4.78 is 31.2. The molecule has 0 saturated carbocycles. The van der Waals surface area contributed by atoms with Crippen LogP contribution in [0.1, 0.15) is 0 Å². The van der Waals surface area contributed by atoms with E-state index in [0.29, 0.717) is 17.6 Å². The highest BCUT2D eigenvalue weighted by Crippen LogP contribution is 2.25. The molecule has 1 fully saturated rings. The monoisotopic (exact) mass is 305 g/mol. The number of rotatable bonds is 4. The van der Waals surface area contributed by atoms with Gasteiger partial charge in [-0.25, -0.2) is 8.42 Å². The Morgan fingerprint density at radius 2 is 2.12 bits per heavy atom. The first kappa shape index (κ1) is 12.0. The van der Waals surface area contributed by atoms with E-state index in [2.05, 4.69) is 15.9 Å². The average Bonchev–Trinajstić information content (AvgIpc) is 3.02. The molecule has 88 valence electrons. The van der Waals surface area contributed by atoms with Gasteiger partial charge in [0.25, 0.3) is 0 Å². The van der Waals surface area contributed by atoms with E-state index in [9.17, 15) is 8.42 Å². The van der Waals surface area contributed by atoms with Gasteiger partial charge in [0.2, 0.25) is 10.0 Å². The van der Waals surface area contributed by atoms with Crippen LogP contribution < -0.4 is 0 Å². The summed E-state index contributed by atoms with van der Waals surface area (Å²) in [5.74, 6) is 0. The zero-order chi connectivity index (χ0) is 11.8. The number of benzene rings is 1. The maximum absolute atomic E-state index is 12.2. The van der Waals surface area contributed by atoms with Crippen molar-refractivity contribution in [3.63, 3.8) is 0 Å². The minimum absolute atomic E-state index is 0.0577. The van der Waals surface area contributed by atoms with E-state index in [-0.39, 0.29) is 11.0 Å². The fraction of sp³-hybridized carbons (Fsp3) is 0.400. The third kappa shape index (κ3) is 2.45. The third-order valence-corrected chi connectivity index (χ3v) is 5.22. The van der Waals surface area contributed by atoms with Crippen molar-refractivity contribution in [1.82, 2.24) is 4.31 Å². The molecule has 1 aromatic rings. The minimum atomic E-state index is -3.42. The van der Waals surface area contributed by atoms with Crippen LogP contribution in [0.25, 0.3) is 0 Å². The molecule has 0 radical (unpaired) electrons. The van der Waals surface area contributed by atoms with E-state index < -0.39 is 10.0 Å². The smallest absolute Gasteiger partial charge is 0.244 e. The van der Waals surface area contributed by atoms with Crippen LogP contribution >= 0.6 is 15.9 Å². The molecule has 0 N–H and O–H groups in total. The van der Waals surface area contributed by atoms with Crippen molar-refractivity contribution >= 4 is 26.0 Å². The van der Waals surface area contributed by atoms with Gasteiger partial charge >= 0.3 is 0 Å². The molecule has 1 aliphatic rings. The van der Waals surface area contributed by atoms with Crippen molar-refractivity contribution in [1.29, 1.82) is 0 Å². The Morgan fingerprint density at radius 3 is 2.69 bits per heavy atom. The first-order chi connectivity index (χ1) is 7.51. The summed E-state index contributed by atoms with van der Waals surface area (Å²) in [4.78, 5) is 0.290. The first-order valence-electron chi connectivity index (χ1n) is 4.84. The molecular weight excluding hydrogens is 294 g/mol. The molecular formula is C10H12BrNO3S. The number of halogens is 1. The number of ether oxygens (including phenoxy) is 1. The van der Waals surface area contributed by atoms with Crippen molar-refractivity contribution in [2.24, 2.45) is 0 Å². The Morgan fingerprint density at radius 1 is 1.50 bits per heavy atom. The summed E-state index contributed by atoms with van der Waals surface area (Å²) in [6.07, 6.45) is 0.0577. The van der Waals surface area contributed by atoms with Gasteiger partial charge in [-0.15, -0.1) is 0 Å². The van der Waals surface area contributed by atoms with E-state index >= 15 is 0 Å². The van der Waals surface area contributed by atoms with Crippen LogP contribution in [0.15, 0.2) is 33.6 Å². The molecule has 0 aromatic heterocycles. The molecule has 1 saturated heterocycles. The van der Waals surface area contributed by atoms with Crippen molar-refractivity contribution in [2.45, 2.75) is 11.0 Å². The molecule has 1 atom stereocenters. The van der Waals surface area contributed by atoms with E-state index in [1.54, 1.807) is 31.3 Å². The van der Waals surface area contributed by atoms with Crippen LogP contribution in [-0.4, -0.2) is 39.0 Å². The van der Waals surface area contributed by atoms with E-state index in [0.717, 1.165) is 0 Å². The molecule has 0 spiro atoms.